The third kappa shape index (κ3) is 1.18. The van der Waals surface area contributed by atoms with E-state index in [0.717, 1.165) is 6.42 Å². The second-order valence-corrected chi connectivity index (χ2v) is 6.45. The van der Waals surface area contributed by atoms with Crippen molar-refractivity contribution in [3.05, 3.63) is 0 Å². The molecule has 1 nitrogen and oxygen atoms in total. The molecule has 2 saturated carbocycles. The second kappa shape index (κ2) is 2.98. The van der Waals surface area contributed by atoms with Gasteiger partial charge in [0.1, 0.15) is 0 Å². The average Bonchev–Trinajstić information content (AvgIpc) is 2.62. The Morgan fingerprint density at radius 3 is 1.86 bits per heavy atom. The molecular weight excluding hydrogens is 172 g/mol. The second-order valence-electron chi connectivity index (χ2n) is 6.45. The van der Waals surface area contributed by atoms with Gasteiger partial charge in [-0.25, -0.2) is 0 Å². The Balaban J connectivity index is 2.33. The van der Waals surface area contributed by atoms with Gasteiger partial charge in [-0.2, -0.15) is 0 Å². The van der Waals surface area contributed by atoms with Crippen molar-refractivity contribution in [3.63, 3.8) is 0 Å². The van der Waals surface area contributed by atoms with Crippen molar-refractivity contribution in [2.24, 2.45) is 10.8 Å². The van der Waals surface area contributed by atoms with Crippen molar-refractivity contribution < 1.29 is 5.11 Å². The summed E-state index contributed by atoms with van der Waals surface area (Å²) in [6.45, 7) is 6.62. The quantitative estimate of drug-likeness (QED) is 0.628. The lowest BCUT2D eigenvalue weighted by Crippen LogP contribution is -2.52. The van der Waals surface area contributed by atoms with Crippen LogP contribution in [0.25, 0.3) is 0 Å². The van der Waals surface area contributed by atoms with Crippen molar-refractivity contribution in [3.8, 4) is 0 Å². The van der Waals surface area contributed by atoms with Crippen LogP contribution in [-0.2, 0) is 0 Å². The van der Waals surface area contributed by atoms with Gasteiger partial charge in [-0.05, 0) is 42.9 Å². The van der Waals surface area contributed by atoms with E-state index >= 15 is 0 Å². The number of aliphatic hydroxyl groups is 1. The van der Waals surface area contributed by atoms with Gasteiger partial charge in [-0.1, -0.05) is 33.6 Å². The van der Waals surface area contributed by atoms with Crippen LogP contribution < -0.4 is 0 Å². The summed E-state index contributed by atoms with van der Waals surface area (Å²) in [5, 5.41) is 11.0. The summed E-state index contributed by atoms with van der Waals surface area (Å²) in [6.07, 6.45) is 8.71. The van der Waals surface area contributed by atoms with E-state index in [0.29, 0.717) is 0 Å². The van der Waals surface area contributed by atoms with Crippen molar-refractivity contribution >= 4 is 0 Å². The zero-order valence-electron chi connectivity index (χ0n) is 9.90. The van der Waals surface area contributed by atoms with Gasteiger partial charge >= 0.3 is 0 Å². The Morgan fingerprint density at radius 1 is 0.857 bits per heavy atom. The highest BCUT2D eigenvalue weighted by molar-refractivity contribution is 5.10. The van der Waals surface area contributed by atoms with Crippen molar-refractivity contribution in [2.75, 3.05) is 0 Å². The number of hydrogen-bond donors (Lipinski definition) is 1. The molecule has 1 heteroatoms. The highest BCUT2D eigenvalue weighted by Crippen LogP contribution is 2.61. The van der Waals surface area contributed by atoms with Gasteiger partial charge in [0.2, 0.25) is 0 Å². The fourth-order valence-electron chi connectivity index (χ4n) is 4.04. The predicted octanol–water partition coefficient (Wildman–Crippen LogP) is 3.51. The zero-order chi connectivity index (χ0) is 10.4. The third-order valence-electron chi connectivity index (χ3n) is 4.87. The van der Waals surface area contributed by atoms with Crippen LogP contribution in [0.1, 0.15) is 65.7 Å². The van der Waals surface area contributed by atoms with Gasteiger partial charge in [0.15, 0.2) is 0 Å². The Labute approximate surface area is 87.9 Å². The molecule has 0 amide bonds. The van der Waals surface area contributed by atoms with Crippen molar-refractivity contribution in [1.82, 2.24) is 0 Å². The van der Waals surface area contributed by atoms with Crippen LogP contribution in [0.5, 0.6) is 0 Å². The molecule has 0 heterocycles. The lowest BCUT2D eigenvalue weighted by molar-refractivity contribution is -0.135. The summed E-state index contributed by atoms with van der Waals surface area (Å²) in [4.78, 5) is 0. The highest BCUT2D eigenvalue weighted by atomic mass is 16.3. The summed E-state index contributed by atoms with van der Waals surface area (Å²) in [5.74, 6) is 0. The minimum Gasteiger partial charge on any atom is -0.389 e. The molecule has 2 fully saturated rings. The molecule has 0 aliphatic heterocycles. The molecule has 14 heavy (non-hydrogen) atoms. The molecule has 0 saturated heterocycles. The maximum atomic E-state index is 11.0. The number of hydrogen-bond acceptors (Lipinski definition) is 1. The van der Waals surface area contributed by atoms with E-state index in [1.807, 2.05) is 0 Å². The summed E-state index contributed by atoms with van der Waals surface area (Å²) < 4.78 is 0. The SMILES string of the molecule is CC(C)(C)C1(O)CCCC12CCCC2. The molecule has 2 rings (SSSR count). The van der Waals surface area contributed by atoms with E-state index in [4.69, 9.17) is 0 Å². The molecule has 0 aromatic rings. The van der Waals surface area contributed by atoms with Crippen LogP contribution in [0.2, 0.25) is 0 Å². The van der Waals surface area contributed by atoms with E-state index in [-0.39, 0.29) is 10.8 Å². The van der Waals surface area contributed by atoms with Gasteiger partial charge in [0.25, 0.3) is 0 Å². The Morgan fingerprint density at radius 2 is 1.36 bits per heavy atom. The van der Waals surface area contributed by atoms with Gasteiger partial charge in [-0.3, -0.25) is 0 Å². The van der Waals surface area contributed by atoms with E-state index in [1.54, 1.807) is 0 Å². The minimum atomic E-state index is -0.392. The van der Waals surface area contributed by atoms with E-state index in [2.05, 4.69) is 20.8 Å². The van der Waals surface area contributed by atoms with Gasteiger partial charge in [0, 0.05) is 0 Å². The maximum Gasteiger partial charge on any atom is 0.0751 e. The van der Waals surface area contributed by atoms with Crippen molar-refractivity contribution in [2.45, 2.75) is 71.3 Å². The standard InChI is InChI=1S/C13H24O/c1-11(2,3)13(14)10-6-9-12(13)7-4-5-8-12/h14H,4-10H2,1-3H3. The van der Waals surface area contributed by atoms with Crippen LogP contribution >= 0.6 is 0 Å². The zero-order valence-corrected chi connectivity index (χ0v) is 9.90. The van der Waals surface area contributed by atoms with E-state index in [9.17, 15) is 5.11 Å². The smallest absolute Gasteiger partial charge is 0.0751 e. The molecular formula is C13H24O. The fourth-order valence-corrected chi connectivity index (χ4v) is 4.04. The highest BCUT2D eigenvalue weighted by Gasteiger charge is 2.59. The lowest BCUT2D eigenvalue weighted by Gasteiger charge is -2.48. The first-order chi connectivity index (χ1) is 6.41. The summed E-state index contributed by atoms with van der Waals surface area (Å²) in [5.41, 5.74) is -0.0599. The molecule has 82 valence electrons. The minimum absolute atomic E-state index is 0.0494. The first-order valence-corrected chi connectivity index (χ1v) is 6.14. The molecule has 0 aromatic heterocycles. The molecule has 0 aromatic carbocycles. The summed E-state index contributed by atoms with van der Waals surface area (Å²) in [6, 6.07) is 0. The van der Waals surface area contributed by atoms with Gasteiger partial charge in [-0.15, -0.1) is 0 Å². The molecule has 1 spiro atoms. The van der Waals surface area contributed by atoms with Crippen LogP contribution in [-0.4, -0.2) is 10.7 Å². The Kier molecular flexibility index (Phi) is 2.23. The first kappa shape index (κ1) is 10.5. The molecule has 0 radical (unpaired) electrons. The van der Waals surface area contributed by atoms with Gasteiger partial charge < -0.3 is 5.11 Å². The lowest BCUT2D eigenvalue weighted by atomic mass is 9.61. The predicted molar refractivity (Wildman–Crippen MR) is 59.2 cm³/mol. The maximum absolute atomic E-state index is 11.0. The largest absolute Gasteiger partial charge is 0.389 e. The topological polar surface area (TPSA) is 20.2 Å². The van der Waals surface area contributed by atoms with E-state index < -0.39 is 5.60 Å². The van der Waals surface area contributed by atoms with Crippen molar-refractivity contribution in [1.29, 1.82) is 0 Å². The Hall–Kier alpha value is -0.0400. The monoisotopic (exact) mass is 196 g/mol. The Bertz CT molecular complexity index is 214. The summed E-state index contributed by atoms with van der Waals surface area (Å²) >= 11 is 0. The van der Waals surface area contributed by atoms with Gasteiger partial charge in [0.05, 0.1) is 5.60 Å². The van der Waals surface area contributed by atoms with Crippen LogP contribution in [0, 0.1) is 10.8 Å². The average molecular weight is 196 g/mol. The molecule has 1 N–H and O–H groups in total. The molecule has 1 atom stereocenters. The third-order valence-corrected chi connectivity index (χ3v) is 4.87. The van der Waals surface area contributed by atoms with Crippen LogP contribution in [0.3, 0.4) is 0 Å². The summed E-state index contributed by atoms with van der Waals surface area (Å²) in [7, 11) is 0. The molecule has 2 aliphatic rings. The molecule has 2 aliphatic carbocycles. The fraction of sp³-hybridized carbons (Fsp3) is 1.00. The van der Waals surface area contributed by atoms with Crippen LogP contribution in [0.15, 0.2) is 0 Å². The van der Waals surface area contributed by atoms with E-state index in [1.165, 1.54) is 38.5 Å². The molecule has 0 bridgehead atoms. The van der Waals surface area contributed by atoms with Crippen LogP contribution in [0.4, 0.5) is 0 Å². The molecule has 1 unspecified atom stereocenters. The normalized spacial score (nSPS) is 36.9. The number of rotatable bonds is 0. The first-order valence-electron chi connectivity index (χ1n) is 6.14.